The van der Waals surface area contributed by atoms with Crippen LogP contribution in [0.15, 0.2) is 0 Å². The van der Waals surface area contributed by atoms with Gasteiger partial charge in [0.2, 0.25) is 11.8 Å². The molecule has 10 heavy (non-hydrogen) atoms. The predicted molar refractivity (Wildman–Crippen MR) is 35.9 cm³/mol. The Morgan fingerprint density at radius 3 is 2.40 bits per heavy atom. The van der Waals surface area contributed by atoms with E-state index in [9.17, 15) is 9.59 Å². The number of nitrogens with two attached hydrogens (primary N) is 1. The highest BCUT2D eigenvalue weighted by molar-refractivity contribution is 5.96. The van der Waals surface area contributed by atoms with E-state index in [4.69, 9.17) is 5.73 Å². The summed E-state index contributed by atoms with van der Waals surface area (Å²) in [5.74, 6) is -0.673. The molecule has 5 nitrogen and oxygen atoms in total. The van der Waals surface area contributed by atoms with Gasteiger partial charge in [-0.2, -0.15) is 0 Å². The second kappa shape index (κ2) is 4.75. The molecule has 0 bridgehead atoms. The zero-order chi connectivity index (χ0) is 7.98. The van der Waals surface area contributed by atoms with Crippen LogP contribution in [0.1, 0.15) is 6.42 Å². The van der Waals surface area contributed by atoms with Crippen LogP contribution in [0.5, 0.6) is 0 Å². The van der Waals surface area contributed by atoms with Crippen molar-refractivity contribution in [3.05, 3.63) is 0 Å². The van der Waals surface area contributed by atoms with E-state index in [0.717, 1.165) is 0 Å². The average molecular weight is 145 g/mol. The normalized spacial score (nSPS) is 8.60. The van der Waals surface area contributed by atoms with E-state index < -0.39 is 0 Å². The summed E-state index contributed by atoms with van der Waals surface area (Å²) in [5, 5.41) is 4.60. The summed E-state index contributed by atoms with van der Waals surface area (Å²) >= 11 is 0. The zero-order valence-corrected chi connectivity index (χ0v) is 5.81. The molecule has 0 saturated heterocycles. The maximum absolute atomic E-state index is 10.6. The van der Waals surface area contributed by atoms with Crippen molar-refractivity contribution in [2.45, 2.75) is 6.42 Å². The van der Waals surface area contributed by atoms with Crippen LogP contribution in [0.2, 0.25) is 0 Å². The van der Waals surface area contributed by atoms with Gasteiger partial charge in [0.1, 0.15) is 6.42 Å². The van der Waals surface area contributed by atoms with Crippen LogP contribution >= 0.6 is 0 Å². The quantitative estimate of drug-likeness (QED) is 0.322. The molecule has 0 fully saturated rings. The van der Waals surface area contributed by atoms with Gasteiger partial charge in [0, 0.05) is 7.05 Å². The first kappa shape index (κ1) is 8.90. The highest BCUT2D eigenvalue weighted by Crippen LogP contribution is 1.76. The molecule has 0 radical (unpaired) electrons. The first-order valence-electron chi connectivity index (χ1n) is 2.88. The van der Waals surface area contributed by atoms with E-state index in [1.165, 1.54) is 7.05 Å². The lowest BCUT2D eigenvalue weighted by Gasteiger charge is -1.99. The molecule has 0 aliphatic heterocycles. The lowest BCUT2D eigenvalue weighted by Crippen LogP contribution is -2.33. The Balaban J connectivity index is 3.47. The molecule has 0 spiro atoms. The van der Waals surface area contributed by atoms with Crippen LogP contribution in [0.3, 0.4) is 0 Å². The summed E-state index contributed by atoms with van der Waals surface area (Å²) in [4.78, 5) is 21.0. The fourth-order valence-corrected chi connectivity index (χ4v) is 0.411. The number of rotatable bonds is 3. The van der Waals surface area contributed by atoms with Crippen molar-refractivity contribution < 1.29 is 9.59 Å². The number of hydrogen-bond acceptors (Lipinski definition) is 3. The summed E-state index contributed by atoms with van der Waals surface area (Å²) in [6, 6.07) is 0. The lowest BCUT2D eigenvalue weighted by molar-refractivity contribution is -0.128. The molecule has 0 aromatic rings. The summed E-state index contributed by atoms with van der Waals surface area (Å²) in [5.41, 5.74) is 4.98. The van der Waals surface area contributed by atoms with Crippen molar-refractivity contribution in [3.63, 3.8) is 0 Å². The van der Waals surface area contributed by atoms with E-state index in [1.54, 1.807) is 0 Å². The summed E-state index contributed by atoms with van der Waals surface area (Å²) in [7, 11) is 1.47. The molecule has 0 saturated carbocycles. The molecule has 2 amide bonds. The second-order valence-corrected chi connectivity index (χ2v) is 1.65. The van der Waals surface area contributed by atoms with E-state index in [1.807, 2.05) is 0 Å². The van der Waals surface area contributed by atoms with Crippen molar-refractivity contribution in [1.82, 2.24) is 10.6 Å². The molecule has 4 N–H and O–H groups in total. The first-order valence-corrected chi connectivity index (χ1v) is 2.88. The van der Waals surface area contributed by atoms with Gasteiger partial charge in [0.05, 0.1) is 6.67 Å². The molecule has 0 rings (SSSR count). The molecular weight excluding hydrogens is 134 g/mol. The Kier molecular flexibility index (Phi) is 4.23. The third kappa shape index (κ3) is 3.85. The summed E-state index contributed by atoms with van der Waals surface area (Å²) < 4.78 is 0. The van der Waals surface area contributed by atoms with Gasteiger partial charge in [-0.25, -0.2) is 0 Å². The molecule has 58 valence electrons. The minimum absolute atomic E-state index is 0.0653. The van der Waals surface area contributed by atoms with Gasteiger partial charge in [-0.1, -0.05) is 0 Å². The van der Waals surface area contributed by atoms with Gasteiger partial charge >= 0.3 is 0 Å². The number of carbonyl (C=O) groups excluding carboxylic acids is 2. The monoisotopic (exact) mass is 145 g/mol. The molecule has 5 heteroatoms. The Labute approximate surface area is 59.0 Å². The largest absolute Gasteiger partial charge is 0.359 e. The highest BCUT2D eigenvalue weighted by atomic mass is 16.2. The number of hydrogen-bond donors (Lipinski definition) is 3. The SMILES string of the molecule is CNC(=O)CC(=O)NCN. The molecule has 0 aromatic heterocycles. The molecule has 0 aromatic carbocycles. The van der Waals surface area contributed by atoms with Crippen molar-refractivity contribution in [1.29, 1.82) is 0 Å². The van der Waals surface area contributed by atoms with Crippen LogP contribution < -0.4 is 16.4 Å². The maximum Gasteiger partial charge on any atom is 0.230 e. The minimum atomic E-state index is -0.359. The van der Waals surface area contributed by atoms with Crippen LogP contribution in [0.4, 0.5) is 0 Å². The van der Waals surface area contributed by atoms with Gasteiger partial charge in [0.25, 0.3) is 0 Å². The smallest absolute Gasteiger partial charge is 0.230 e. The van der Waals surface area contributed by atoms with Crippen LogP contribution in [-0.2, 0) is 9.59 Å². The van der Waals surface area contributed by atoms with E-state index >= 15 is 0 Å². The highest BCUT2D eigenvalue weighted by Gasteiger charge is 2.04. The van der Waals surface area contributed by atoms with Crippen molar-refractivity contribution >= 4 is 11.8 Å². The molecule has 0 aliphatic rings. The standard InChI is InChI=1S/C5H11N3O2/c1-7-4(9)2-5(10)8-3-6/h2-3,6H2,1H3,(H,7,9)(H,8,10). The average Bonchev–Trinajstić information content (AvgIpc) is 1.88. The van der Waals surface area contributed by atoms with Crippen molar-refractivity contribution in [2.75, 3.05) is 13.7 Å². The molecule has 0 atom stereocenters. The van der Waals surface area contributed by atoms with Gasteiger partial charge in [0.15, 0.2) is 0 Å². The fourth-order valence-electron chi connectivity index (χ4n) is 0.411. The molecule has 0 unspecified atom stereocenters. The lowest BCUT2D eigenvalue weighted by atomic mass is 10.4. The van der Waals surface area contributed by atoms with Crippen LogP contribution in [0.25, 0.3) is 0 Å². The van der Waals surface area contributed by atoms with Gasteiger partial charge < -0.3 is 16.4 Å². The van der Waals surface area contributed by atoms with E-state index in [-0.39, 0.29) is 24.9 Å². The number of nitrogens with one attached hydrogen (secondary N) is 2. The maximum atomic E-state index is 10.6. The predicted octanol–water partition coefficient (Wildman–Crippen LogP) is -1.85. The Morgan fingerprint density at radius 1 is 1.40 bits per heavy atom. The van der Waals surface area contributed by atoms with E-state index in [2.05, 4.69) is 10.6 Å². The first-order chi connectivity index (χ1) is 4.70. The topological polar surface area (TPSA) is 84.2 Å². The fraction of sp³-hybridized carbons (Fsp3) is 0.600. The second-order valence-electron chi connectivity index (χ2n) is 1.65. The van der Waals surface area contributed by atoms with Crippen LogP contribution in [0, 0.1) is 0 Å². The van der Waals surface area contributed by atoms with Gasteiger partial charge in [-0.3, -0.25) is 9.59 Å². The zero-order valence-electron chi connectivity index (χ0n) is 5.81. The Morgan fingerprint density at radius 2 is 2.00 bits per heavy atom. The summed E-state index contributed by atoms with van der Waals surface area (Å²) in [6.45, 7) is 0.0653. The van der Waals surface area contributed by atoms with Crippen LogP contribution in [-0.4, -0.2) is 25.5 Å². The summed E-state index contributed by atoms with van der Waals surface area (Å²) in [6.07, 6.45) is -0.159. The third-order valence-electron chi connectivity index (χ3n) is 0.899. The Bertz CT molecular complexity index is 135. The number of amides is 2. The molecular formula is C5H11N3O2. The van der Waals surface area contributed by atoms with Crippen molar-refractivity contribution in [3.8, 4) is 0 Å². The minimum Gasteiger partial charge on any atom is -0.359 e. The van der Waals surface area contributed by atoms with Gasteiger partial charge in [-0.05, 0) is 0 Å². The van der Waals surface area contributed by atoms with Gasteiger partial charge in [-0.15, -0.1) is 0 Å². The molecule has 0 aliphatic carbocycles. The molecule has 0 heterocycles. The Hall–Kier alpha value is -1.10. The van der Waals surface area contributed by atoms with E-state index in [0.29, 0.717) is 0 Å². The third-order valence-corrected chi connectivity index (χ3v) is 0.899. The van der Waals surface area contributed by atoms with Crippen molar-refractivity contribution in [2.24, 2.45) is 5.73 Å². The number of carbonyl (C=O) groups is 2.